The van der Waals surface area contributed by atoms with Crippen LogP contribution in [0, 0.1) is 5.82 Å². The fourth-order valence-corrected chi connectivity index (χ4v) is 2.85. The van der Waals surface area contributed by atoms with Crippen molar-refractivity contribution in [2.24, 2.45) is 0 Å². The highest BCUT2D eigenvalue weighted by Crippen LogP contribution is 2.38. The number of benzene rings is 2. The summed E-state index contributed by atoms with van der Waals surface area (Å²) in [6, 6.07) is 8.42. The minimum Gasteiger partial charge on any atom is -0.492 e. The molecular formula is C16H14FNO5S. The van der Waals surface area contributed by atoms with Crippen LogP contribution in [0.3, 0.4) is 0 Å². The van der Waals surface area contributed by atoms with Gasteiger partial charge in [-0.05, 0) is 18.2 Å². The minimum atomic E-state index is -3.61. The normalized spacial score (nSPS) is 13.8. The maximum absolute atomic E-state index is 13.8. The third-order valence-electron chi connectivity index (χ3n) is 3.32. The Kier molecular flexibility index (Phi) is 4.15. The monoisotopic (exact) mass is 351 g/mol. The van der Waals surface area contributed by atoms with Crippen LogP contribution < -0.4 is 14.2 Å². The molecule has 1 N–H and O–H groups in total. The third kappa shape index (κ3) is 3.48. The summed E-state index contributed by atoms with van der Waals surface area (Å²) < 4.78 is 50.1. The van der Waals surface area contributed by atoms with E-state index in [4.69, 9.17) is 9.47 Å². The van der Waals surface area contributed by atoms with E-state index in [2.05, 4.69) is 4.72 Å². The molecule has 2 aromatic rings. The summed E-state index contributed by atoms with van der Waals surface area (Å²) in [5.41, 5.74) is 0.334. The molecule has 1 aliphatic rings. The lowest BCUT2D eigenvalue weighted by molar-refractivity contribution is 0.0933. The smallest absolute Gasteiger partial charge is 0.229 e. The number of hydrogen-bond donors (Lipinski definition) is 1. The predicted octanol–water partition coefficient (Wildman–Crippen LogP) is 2.95. The van der Waals surface area contributed by atoms with Gasteiger partial charge >= 0.3 is 0 Å². The molecule has 0 radical (unpaired) electrons. The molecule has 0 saturated heterocycles. The van der Waals surface area contributed by atoms with Crippen LogP contribution in [0.15, 0.2) is 36.4 Å². The molecule has 0 atom stereocenters. The molecule has 1 aliphatic heterocycles. The van der Waals surface area contributed by atoms with Crippen molar-refractivity contribution in [3.63, 3.8) is 0 Å². The second-order valence-electron chi connectivity index (χ2n) is 5.27. The molecule has 1 heterocycles. The summed E-state index contributed by atoms with van der Waals surface area (Å²) in [6.45, 7) is 0.220. The molecule has 0 fully saturated rings. The standard InChI is InChI=1S/C16H14FNO5S/c1-24(20,21)18-12-9-15-10(13(19)6-7-22-15)8-16(12)23-14-5-3-2-4-11(14)17/h2-5,8-9,18H,6-7H2,1H3. The summed E-state index contributed by atoms with van der Waals surface area (Å²) >= 11 is 0. The first-order chi connectivity index (χ1) is 11.3. The van der Waals surface area contributed by atoms with Gasteiger partial charge in [-0.25, -0.2) is 12.8 Å². The molecule has 0 amide bonds. The van der Waals surface area contributed by atoms with Gasteiger partial charge < -0.3 is 9.47 Å². The fraction of sp³-hybridized carbons (Fsp3) is 0.188. The topological polar surface area (TPSA) is 81.7 Å². The lowest BCUT2D eigenvalue weighted by atomic mass is 10.0. The van der Waals surface area contributed by atoms with E-state index >= 15 is 0 Å². The van der Waals surface area contributed by atoms with E-state index < -0.39 is 15.8 Å². The number of fused-ring (bicyclic) bond motifs is 1. The average Bonchev–Trinajstić information content (AvgIpc) is 2.49. The molecule has 0 spiro atoms. The molecule has 0 bridgehead atoms. The largest absolute Gasteiger partial charge is 0.492 e. The van der Waals surface area contributed by atoms with E-state index in [1.54, 1.807) is 6.07 Å². The second kappa shape index (κ2) is 6.12. The van der Waals surface area contributed by atoms with E-state index in [9.17, 15) is 17.6 Å². The van der Waals surface area contributed by atoms with Gasteiger partial charge in [0.1, 0.15) is 5.75 Å². The van der Waals surface area contributed by atoms with E-state index in [0.717, 1.165) is 6.26 Å². The highest BCUT2D eigenvalue weighted by atomic mass is 32.2. The van der Waals surface area contributed by atoms with Gasteiger partial charge in [-0.3, -0.25) is 9.52 Å². The van der Waals surface area contributed by atoms with Gasteiger partial charge in [0.2, 0.25) is 10.0 Å². The van der Waals surface area contributed by atoms with Crippen molar-refractivity contribution in [3.05, 3.63) is 47.8 Å². The number of para-hydroxylation sites is 1. The summed E-state index contributed by atoms with van der Waals surface area (Å²) in [6.07, 6.45) is 1.19. The van der Waals surface area contributed by atoms with Gasteiger partial charge in [0.15, 0.2) is 23.1 Å². The average molecular weight is 351 g/mol. The zero-order chi connectivity index (χ0) is 17.3. The lowest BCUT2D eigenvalue weighted by Gasteiger charge is -2.20. The maximum Gasteiger partial charge on any atom is 0.229 e. The van der Waals surface area contributed by atoms with Crippen LogP contribution in [-0.4, -0.2) is 27.1 Å². The van der Waals surface area contributed by atoms with Crippen molar-refractivity contribution in [1.29, 1.82) is 0 Å². The third-order valence-corrected chi connectivity index (χ3v) is 3.91. The van der Waals surface area contributed by atoms with Crippen molar-refractivity contribution < 1.29 is 27.1 Å². The number of anilines is 1. The van der Waals surface area contributed by atoms with Crippen molar-refractivity contribution in [2.75, 3.05) is 17.6 Å². The van der Waals surface area contributed by atoms with E-state index in [-0.39, 0.29) is 47.3 Å². The van der Waals surface area contributed by atoms with Crippen LogP contribution in [-0.2, 0) is 10.0 Å². The molecule has 24 heavy (non-hydrogen) atoms. The molecule has 0 aliphatic carbocycles. The Morgan fingerprint density at radius 3 is 2.67 bits per heavy atom. The quantitative estimate of drug-likeness (QED) is 0.916. The molecule has 0 unspecified atom stereocenters. The van der Waals surface area contributed by atoms with Gasteiger partial charge in [-0.15, -0.1) is 0 Å². The first-order valence-electron chi connectivity index (χ1n) is 7.08. The Balaban J connectivity index is 2.09. The Bertz CT molecular complexity index is 911. The van der Waals surface area contributed by atoms with Gasteiger partial charge in [0.05, 0.1) is 24.1 Å². The predicted molar refractivity (Wildman–Crippen MR) is 85.8 cm³/mol. The van der Waals surface area contributed by atoms with E-state index in [1.165, 1.54) is 30.3 Å². The number of ketones is 1. The second-order valence-corrected chi connectivity index (χ2v) is 7.02. The van der Waals surface area contributed by atoms with Gasteiger partial charge in [0, 0.05) is 12.5 Å². The molecule has 3 rings (SSSR count). The number of ether oxygens (including phenoxy) is 2. The molecule has 2 aromatic carbocycles. The summed E-state index contributed by atoms with van der Waals surface area (Å²) in [5, 5.41) is 0. The van der Waals surface area contributed by atoms with Gasteiger partial charge in [0.25, 0.3) is 0 Å². The number of carbonyl (C=O) groups excluding carboxylic acids is 1. The van der Waals surface area contributed by atoms with Gasteiger partial charge in [-0.2, -0.15) is 0 Å². The number of nitrogens with one attached hydrogen (secondary N) is 1. The number of sulfonamides is 1. The van der Waals surface area contributed by atoms with Crippen LogP contribution in [0.4, 0.5) is 10.1 Å². The number of Topliss-reactive ketones (excluding diaryl/α,β-unsaturated/α-hetero) is 1. The summed E-state index contributed by atoms with van der Waals surface area (Å²) in [4.78, 5) is 12.0. The molecule has 126 valence electrons. The van der Waals surface area contributed by atoms with E-state index in [0.29, 0.717) is 0 Å². The van der Waals surface area contributed by atoms with Crippen LogP contribution in [0.5, 0.6) is 17.2 Å². The Labute approximate surface area is 138 Å². The first-order valence-corrected chi connectivity index (χ1v) is 8.97. The number of carbonyl (C=O) groups is 1. The Hall–Kier alpha value is -2.61. The highest BCUT2D eigenvalue weighted by molar-refractivity contribution is 7.92. The van der Waals surface area contributed by atoms with Crippen LogP contribution >= 0.6 is 0 Å². The van der Waals surface area contributed by atoms with E-state index in [1.807, 2.05) is 0 Å². The van der Waals surface area contributed by atoms with Gasteiger partial charge in [-0.1, -0.05) is 12.1 Å². The number of rotatable bonds is 4. The fourth-order valence-electron chi connectivity index (χ4n) is 2.30. The van der Waals surface area contributed by atoms with Crippen LogP contribution in [0.1, 0.15) is 16.8 Å². The maximum atomic E-state index is 13.8. The number of hydrogen-bond acceptors (Lipinski definition) is 5. The molecule has 0 aromatic heterocycles. The molecule has 0 saturated carbocycles. The first kappa shape index (κ1) is 16.3. The zero-order valence-electron chi connectivity index (χ0n) is 12.7. The Morgan fingerprint density at radius 2 is 1.96 bits per heavy atom. The number of halogens is 1. The van der Waals surface area contributed by atoms with Crippen molar-refractivity contribution >= 4 is 21.5 Å². The van der Waals surface area contributed by atoms with Crippen LogP contribution in [0.2, 0.25) is 0 Å². The molecular weight excluding hydrogens is 337 g/mol. The summed E-state index contributed by atoms with van der Waals surface area (Å²) in [7, 11) is -3.61. The van der Waals surface area contributed by atoms with Crippen molar-refractivity contribution in [1.82, 2.24) is 0 Å². The van der Waals surface area contributed by atoms with Crippen molar-refractivity contribution in [2.45, 2.75) is 6.42 Å². The highest BCUT2D eigenvalue weighted by Gasteiger charge is 2.23. The van der Waals surface area contributed by atoms with Crippen molar-refractivity contribution in [3.8, 4) is 17.2 Å². The molecule has 8 heteroatoms. The summed E-state index contributed by atoms with van der Waals surface area (Å²) in [5.74, 6) is -0.566. The van der Waals surface area contributed by atoms with Crippen LogP contribution in [0.25, 0.3) is 0 Å². The minimum absolute atomic E-state index is 0.0168. The zero-order valence-corrected chi connectivity index (χ0v) is 13.5. The SMILES string of the molecule is CS(=O)(=O)Nc1cc2c(cc1Oc1ccccc1F)C(=O)CCO2. The molecule has 6 nitrogen and oxygen atoms in total. The Morgan fingerprint density at radius 1 is 1.21 bits per heavy atom. The lowest BCUT2D eigenvalue weighted by Crippen LogP contribution is -2.17.